The van der Waals surface area contributed by atoms with E-state index in [9.17, 15) is 18.5 Å². The molecule has 1 saturated heterocycles. The minimum Gasteiger partial charge on any atom is -0.492 e. The van der Waals surface area contributed by atoms with Crippen molar-refractivity contribution in [3.8, 4) is 5.75 Å². The van der Waals surface area contributed by atoms with Gasteiger partial charge in [0.25, 0.3) is 15.8 Å². The Morgan fingerprint density at radius 1 is 1.50 bits per heavy atom. The number of nitro benzene ring substituents is 1. The molecule has 1 aromatic carbocycles. The van der Waals surface area contributed by atoms with Gasteiger partial charge in [0.2, 0.25) is 0 Å². The maximum absolute atomic E-state index is 11.0. The van der Waals surface area contributed by atoms with Gasteiger partial charge in [-0.2, -0.15) is 17.8 Å². The molecule has 0 bridgehead atoms. The fraction of sp³-hybridized carbons (Fsp3) is 0.455. The molecule has 1 aromatic rings. The highest BCUT2D eigenvalue weighted by molar-refractivity contribution is 7.85. The minimum absolute atomic E-state index is 0.0552. The molecule has 0 aliphatic carbocycles. The van der Waals surface area contributed by atoms with Crippen LogP contribution >= 0.6 is 0 Å². The summed E-state index contributed by atoms with van der Waals surface area (Å²) >= 11 is 0. The molecule has 1 aliphatic rings. The van der Waals surface area contributed by atoms with Crippen molar-refractivity contribution in [2.75, 3.05) is 19.4 Å². The molecule has 0 spiro atoms. The molecule has 2 rings (SSSR count). The number of nitrogens with zero attached hydrogens (tertiary/aromatic N) is 2. The molecule has 20 heavy (non-hydrogen) atoms. The van der Waals surface area contributed by atoms with Crippen LogP contribution in [0.25, 0.3) is 0 Å². The molecule has 0 aromatic heterocycles. The van der Waals surface area contributed by atoms with E-state index in [0.717, 1.165) is 12.7 Å². The molecule has 1 heterocycles. The lowest BCUT2D eigenvalue weighted by atomic mass is 10.1. The van der Waals surface area contributed by atoms with Gasteiger partial charge < -0.3 is 4.74 Å². The number of hydrogen-bond acceptors (Lipinski definition) is 7. The third-order valence-electron chi connectivity index (χ3n) is 2.79. The van der Waals surface area contributed by atoms with Crippen molar-refractivity contribution in [2.45, 2.75) is 12.5 Å². The molecule has 0 N–H and O–H groups in total. The summed E-state index contributed by atoms with van der Waals surface area (Å²) in [5, 5.41) is 11.9. The second-order valence-corrected chi connectivity index (χ2v) is 5.98. The van der Waals surface area contributed by atoms with Crippen LogP contribution in [-0.2, 0) is 14.4 Å². The van der Waals surface area contributed by atoms with Gasteiger partial charge >= 0.3 is 0 Å². The molecular weight excluding hydrogens is 288 g/mol. The molecule has 1 fully saturated rings. The summed E-state index contributed by atoms with van der Waals surface area (Å²) < 4.78 is 32.2. The van der Waals surface area contributed by atoms with Gasteiger partial charge in [0.1, 0.15) is 12.4 Å². The second kappa shape index (κ2) is 5.73. The van der Waals surface area contributed by atoms with Crippen LogP contribution in [0.15, 0.2) is 24.3 Å². The largest absolute Gasteiger partial charge is 0.492 e. The highest BCUT2D eigenvalue weighted by Gasteiger charge is 2.32. The lowest BCUT2D eigenvalue weighted by molar-refractivity contribution is -0.384. The number of rotatable bonds is 6. The van der Waals surface area contributed by atoms with Gasteiger partial charge in [0, 0.05) is 12.6 Å². The lowest BCUT2D eigenvalue weighted by Crippen LogP contribution is -2.51. The summed E-state index contributed by atoms with van der Waals surface area (Å²) in [7, 11) is -3.54. The number of hydrogen-bond donors (Lipinski definition) is 0. The Labute approximate surface area is 116 Å². The Balaban J connectivity index is 1.89. The summed E-state index contributed by atoms with van der Waals surface area (Å²) in [4.78, 5) is 10.1. The smallest absolute Gasteiger partial charge is 0.280 e. The molecular formula is C11H14N2O6S. The average Bonchev–Trinajstić information content (AvgIpc) is 2.34. The highest BCUT2D eigenvalue weighted by Crippen LogP contribution is 2.23. The van der Waals surface area contributed by atoms with E-state index >= 15 is 0 Å². The highest BCUT2D eigenvalue weighted by atomic mass is 32.2. The van der Waals surface area contributed by atoms with Crippen LogP contribution in [0.5, 0.6) is 5.75 Å². The molecule has 1 aliphatic heterocycles. The van der Waals surface area contributed by atoms with E-state index in [4.69, 9.17) is 9.02 Å². The van der Waals surface area contributed by atoms with Gasteiger partial charge in [0.05, 0.1) is 23.3 Å². The third-order valence-corrected chi connectivity index (χ3v) is 3.25. The Hall–Kier alpha value is -1.71. The first-order valence-corrected chi connectivity index (χ1v) is 7.70. The van der Waals surface area contributed by atoms with Gasteiger partial charge in [-0.3, -0.25) is 10.1 Å². The van der Waals surface area contributed by atoms with Crippen LogP contribution in [0.2, 0.25) is 0 Å². The average molecular weight is 302 g/mol. The predicted molar refractivity (Wildman–Crippen MR) is 69.6 cm³/mol. The van der Waals surface area contributed by atoms with Crippen molar-refractivity contribution in [2.24, 2.45) is 0 Å². The Bertz CT molecular complexity index is 603. The van der Waals surface area contributed by atoms with Crippen molar-refractivity contribution in [1.29, 1.82) is 0 Å². The molecule has 8 nitrogen and oxygen atoms in total. The van der Waals surface area contributed by atoms with E-state index in [2.05, 4.69) is 0 Å². The maximum atomic E-state index is 11.0. The molecule has 0 amide bonds. The first-order chi connectivity index (χ1) is 9.35. The SMILES string of the molecule is CS(=O)(=O)ON1CCC1COc1cccc([N+](=O)[O-])c1. The van der Waals surface area contributed by atoms with Crippen LogP contribution in [0.4, 0.5) is 5.69 Å². The van der Waals surface area contributed by atoms with Crippen molar-refractivity contribution < 1.29 is 22.4 Å². The normalized spacial score (nSPS) is 19.4. The van der Waals surface area contributed by atoms with E-state index in [0.29, 0.717) is 12.3 Å². The molecule has 0 radical (unpaired) electrons. The Kier molecular flexibility index (Phi) is 4.21. The van der Waals surface area contributed by atoms with Gasteiger partial charge in [0.15, 0.2) is 0 Å². The van der Waals surface area contributed by atoms with Gasteiger partial charge in [-0.25, -0.2) is 0 Å². The first kappa shape index (κ1) is 14.7. The molecule has 9 heteroatoms. The van der Waals surface area contributed by atoms with E-state index in [1.54, 1.807) is 6.07 Å². The summed E-state index contributed by atoms with van der Waals surface area (Å²) in [6.07, 6.45) is 1.72. The summed E-state index contributed by atoms with van der Waals surface area (Å²) in [5.74, 6) is 0.366. The van der Waals surface area contributed by atoms with Gasteiger partial charge in [-0.15, -0.1) is 0 Å². The first-order valence-electron chi connectivity index (χ1n) is 5.88. The van der Waals surface area contributed by atoms with Crippen molar-refractivity contribution in [3.05, 3.63) is 34.4 Å². The predicted octanol–water partition coefficient (Wildman–Crippen LogP) is 0.939. The quantitative estimate of drug-likeness (QED) is 0.569. The van der Waals surface area contributed by atoms with Gasteiger partial charge in [-0.05, 0) is 12.5 Å². The van der Waals surface area contributed by atoms with Crippen molar-refractivity contribution in [3.63, 3.8) is 0 Å². The summed E-state index contributed by atoms with van der Waals surface area (Å²) in [6, 6.07) is 5.64. The minimum atomic E-state index is -3.54. The number of hydroxylamine groups is 2. The number of nitro groups is 1. The second-order valence-electron chi connectivity index (χ2n) is 4.43. The zero-order chi connectivity index (χ0) is 14.8. The monoisotopic (exact) mass is 302 g/mol. The van der Waals surface area contributed by atoms with Crippen molar-refractivity contribution >= 4 is 15.8 Å². The molecule has 0 saturated carbocycles. The van der Waals surface area contributed by atoms with E-state index < -0.39 is 15.0 Å². The Morgan fingerprint density at radius 3 is 2.80 bits per heavy atom. The van der Waals surface area contributed by atoms with Crippen LogP contribution < -0.4 is 4.74 Å². The number of benzene rings is 1. The lowest BCUT2D eigenvalue weighted by Gasteiger charge is -2.37. The summed E-state index contributed by atoms with van der Waals surface area (Å²) in [5.41, 5.74) is -0.0552. The molecule has 1 unspecified atom stereocenters. The van der Waals surface area contributed by atoms with Crippen LogP contribution in [-0.4, -0.2) is 43.9 Å². The van der Waals surface area contributed by atoms with Crippen LogP contribution in [0.3, 0.4) is 0 Å². The fourth-order valence-corrected chi connectivity index (χ4v) is 2.28. The van der Waals surface area contributed by atoms with Crippen molar-refractivity contribution in [1.82, 2.24) is 5.06 Å². The fourth-order valence-electron chi connectivity index (χ4n) is 1.73. The van der Waals surface area contributed by atoms with E-state index in [-0.39, 0.29) is 18.3 Å². The van der Waals surface area contributed by atoms with Crippen LogP contribution in [0, 0.1) is 10.1 Å². The third kappa shape index (κ3) is 3.89. The number of ether oxygens (including phenoxy) is 1. The van der Waals surface area contributed by atoms with Gasteiger partial charge in [-0.1, -0.05) is 6.07 Å². The maximum Gasteiger partial charge on any atom is 0.280 e. The summed E-state index contributed by atoms with van der Waals surface area (Å²) in [6.45, 7) is 0.715. The molecule has 1 atom stereocenters. The molecule has 110 valence electrons. The topological polar surface area (TPSA) is 99.0 Å². The Morgan fingerprint density at radius 2 is 2.25 bits per heavy atom. The zero-order valence-electron chi connectivity index (χ0n) is 10.8. The number of non-ortho nitro benzene ring substituents is 1. The van der Waals surface area contributed by atoms with E-state index in [1.165, 1.54) is 23.3 Å². The van der Waals surface area contributed by atoms with Crippen LogP contribution in [0.1, 0.15) is 6.42 Å². The standard InChI is InChI=1S/C11H14N2O6S/c1-20(16,17)19-12-6-5-10(12)8-18-11-4-2-3-9(7-11)13(14)15/h2-4,7,10H,5-6,8H2,1H3. The van der Waals surface area contributed by atoms with E-state index in [1.807, 2.05) is 0 Å². The zero-order valence-corrected chi connectivity index (χ0v) is 11.6.